The summed E-state index contributed by atoms with van der Waals surface area (Å²) >= 11 is 17.4. The SMILES string of the molecule is Cc1c(Cl)c(C(F)F)nn1CC(=O)Nc1ccc(Cl)c(Cl)c1. The maximum atomic E-state index is 12.7. The smallest absolute Gasteiger partial charge is 0.283 e. The zero-order valence-corrected chi connectivity index (χ0v) is 13.5. The second-order valence-corrected chi connectivity index (χ2v) is 5.61. The number of hydrogen-bond acceptors (Lipinski definition) is 2. The summed E-state index contributed by atoms with van der Waals surface area (Å²) in [5.74, 6) is -0.457. The van der Waals surface area contributed by atoms with Crippen molar-refractivity contribution in [2.45, 2.75) is 19.9 Å². The number of amides is 1. The Labute approximate surface area is 140 Å². The van der Waals surface area contributed by atoms with E-state index in [9.17, 15) is 13.6 Å². The molecule has 0 aliphatic rings. The van der Waals surface area contributed by atoms with Crippen molar-refractivity contribution < 1.29 is 13.6 Å². The molecule has 0 radical (unpaired) electrons. The van der Waals surface area contributed by atoms with Gasteiger partial charge in [0.15, 0.2) is 0 Å². The quantitative estimate of drug-likeness (QED) is 0.848. The summed E-state index contributed by atoms with van der Waals surface area (Å²) in [6.45, 7) is 1.26. The van der Waals surface area contributed by atoms with Gasteiger partial charge in [-0.25, -0.2) is 8.78 Å². The predicted octanol–water partition coefficient (Wildman–Crippen LogP) is 4.73. The minimum atomic E-state index is -2.80. The molecule has 0 atom stereocenters. The molecule has 4 nitrogen and oxygen atoms in total. The number of nitrogens with one attached hydrogen (secondary N) is 1. The van der Waals surface area contributed by atoms with Gasteiger partial charge in [0.1, 0.15) is 12.2 Å². The Kier molecular flexibility index (Phi) is 5.26. The molecule has 9 heteroatoms. The summed E-state index contributed by atoms with van der Waals surface area (Å²) in [5.41, 5.74) is 0.187. The molecule has 0 aliphatic carbocycles. The minimum absolute atomic E-state index is 0.141. The van der Waals surface area contributed by atoms with Crippen molar-refractivity contribution in [2.75, 3.05) is 5.32 Å². The summed E-state index contributed by atoms with van der Waals surface area (Å²) in [6.07, 6.45) is -2.80. The molecule has 0 bridgehead atoms. The number of nitrogens with zero attached hydrogens (tertiary/aromatic N) is 2. The highest BCUT2D eigenvalue weighted by Gasteiger charge is 2.21. The van der Waals surface area contributed by atoms with Crippen molar-refractivity contribution in [1.82, 2.24) is 9.78 Å². The second kappa shape index (κ2) is 6.81. The van der Waals surface area contributed by atoms with Gasteiger partial charge in [-0.15, -0.1) is 0 Å². The zero-order chi connectivity index (χ0) is 16.4. The van der Waals surface area contributed by atoms with Gasteiger partial charge in [-0.2, -0.15) is 5.10 Å². The van der Waals surface area contributed by atoms with E-state index in [2.05, 4.69) is 10.4 Å². The van der Waals surface area contributed by atoms with Gasteiger partial charge in [0.05, 0.1) is 20.8 Å². The van der Waals surface area contributed by atoms with E-state index in [4.69, 9.17) is 34.8 Å². The fourth-order valence-electron chi connectivity index (χ4n) is 1.75. The van der Waals surface area contributed by atoms with E-state index in [0.717, 1.165) is 4.68 Å². The zero-order valence-electron chi connectivity index (χ0n) is 11.2. The van der Waals surface area contributed by atoms with Crippen LogP contribution in [0.25, 0.3) is 0 Å². The Hall–Kier alpha value is -1.37. The average Bonchev–Trinajstić information content (AvgIpc) is 2.71. The predicted molar refractivity (Wildman–Crippen MR) is 82.0 cm³/mol. The highest BCUT2D eigenvalue weighted by atomic mass is 35.5. The monoisotopic (exact) mass is 367 g/mol. The van der Waals surface area contributed by atoms with E-state index in [1.807, 2.05) is 0 Å². The van der Waals surface area contributed by atoms with E-state index < -0.39 is 18.0 Å². The second-order valence-electron chi connectivity index (χ2n) is 4.42. The number of anilines is 1. The van der Waals surface area contributed by atoms with Crippen molar-refractivity contribution in [1.29, 1.82) is 0 Å². The van der Waals surface area contributed by atoms with E-state index in [1.165, 1.54) is 19.1 Å². The maximum Gasteiger partial charge on any atom is 0.283 e. The van der Waals surface area contributed by atoms with E-state index in [-0.39, 0.29) is 16.6 Å². The molecule has 1 aromatic carbocycles. The molecule has 118 valence electrons. The van der Waals surface area contributed by atoms with Crippen LogP contribution in [0.5, 0.6) is 0 Å². The number of halogens is 5. The number of carbonyl (C=O) groups is 1. The topological polar surface area (TPSA) is 46.9 Å². The van der Waals surface area contributed by atoms with Crippen LogP contribution >= 0.6 is 34.8 Å². The lowest BCUT2D eigenvalue weighted by Gasteiger charge is -2.07. The average molecular weight is 369 g/mol. The Morgan fingerprint density at radius 3 is 2.55 bits per heavy atom. The molecule has 0 fully saturated rings. The van der Waals surface area contributed by atoms with Gasteiger partial charge in [0, 0.05) is 5.69 Å². The summed E-state index contributed by atoms with van der Waals surface area (Å²) < 4.78 is 26.5. The summed E-state index contributed by atoms with van der Waals surface area (Å²) in [6, 6.07) is 4.58. The lowest BCUT2D eigenvalue weighted by Crippen LogP contribution is -2.20. The summed E-state index contributed by atoms with van der Waals surface area (Å²) in [7, 11) is 0. The standard InChI is InChI=1S/C13H10Cl3F2N3O/c1-6-11(16)12(13(17)18)20-21(6)5-10(22)19-7-2-3-8(14)9(15)4-7/h2-4,13H,5H2,1H3,(H,19,22). The van der Waals surface area contributed by atoms with Gasteiger partial charge in [0.25, 0.3) is 6.43 Å². The number of carbonyl (C=O) groups excluding carboxylic acids is 1. The molecule has 0 spiro atoms. The first-order valence-corrected chi connectivity index (χ1v) is 7.19. The Morgan fingerprint density at radius 2 is 2.00 bits per heavy atom. The van der Waals surface area contributed by atoms with Gasteiger partial charge in [-0.3, -0.25) is 9.48 Å². The lowest BCUT2D eigenvalue weighted by molar-refractivity contribution is -0.117. The van der Waals surface area contributed by atoms with Crippen LogP contribution in [-0.4, -0.2) is 15.7 Å². The van der Waals surface area contributed by atoms with Crippen LogP contribution in [0, 0.1) is 6.92 Å². The third-order valence-electron chi connectivity index (χ3n) is 2.86. The van der Waals surface area contributed by atoms with E-state index in [0.29, 0.717) is 16.4 Å². The number of rotatable bonds is 4. The largest absolute Gasteiger partial charge is 0.324 e. The molecule has 1 amide bonds. The molecule has 0 unspecified atom stereocenters. The van der Waals surface area contributed by atoms with Gasteiger partial charge in [0.2, 0.25) is 5.91 Å². The van der Waals surface area contributed by atoms with Crippen molar-refractivity contribution >= 4 is 46.4 Å². The molecule has 2 rings (SSSR count). The molecule has 2 aromatic rings. The van der Waals surface area contributed by atoms with Crippen molar-refractivity contribution in [3.63, 3.8) is 0 Å². The van der Waals surface area contributed by atoms with Crippen LogP contribution in [0.3, 0.4) is 0 Å². The molecular weight excluding hydrogens is 359 g/mol. The Bertz CT molecular complexity index is 719. The van der Waals surface area contributed by atoms with Gasteiger partial charge in [-0.05, 0) is 25.1 Å². The number of benzene rings is 1. The van der Waals surface area contributed by atoms with E-state index in [1.54, 1.807) is 6.07 Å². The molecule has 0 saturated carbocycles. The fraction of sp³-hybridized carbons (Fsp3) is 0.231. The highest BCUT2D eigenvalue weighted by Crippen LogP contribution is 2.28. The molecular formula is C13H10Cl3F2N3O. The third-order valence-corrected chi connectivity index (χ3v) is 4.07. The van der Waals surface area contributed by atoms with Gasteiger partial charge >= 0.3 is 0 Å². The van der Waals surface area contributed by atoms with Crippen LogP contribution in [0.4, 0.5) is 14.5 Å². The summed E-state index contributed by atoms with van der Waals surface area (Å²) in [4.78, 5) is 11.9. The van der Waals surface area contributed by atoms with Crippen LogP contribution in [-0.2, 0) is 11.3 Å². The first-order valence-electron chi connectivity index (χ1n) is 6.05. The number of hydrogen-bond donors (Lipinski definition) is 1. The Morgan fingerprint density at radius 1 is 1.32 bits per heavy atom. The molecule has 0 saturated heterocycles. The number of alkyl halides is 2. The first-order chi connectivity index (χ1) is 10.3. The normalized spacial score (nSPS) is 11.0. The maximum absolute atomic E-state index is 12.7. The van der Waals surface area contributed by atoms with Gasteiger partial charge < -0.3 is 5.32 Å². The molecule has 1 aromatic heterocycles. The highest BCUT2D eigenvalue weighted by molar-refractivity contribution is 6.42. The molecule has 1 N–H and O–H groups in total. The van der Waals surface area contributed by atoms with Crippen molar-refractivity contribution in [3.8, 4) is 0 Å². The Balaban J connectivity index is 2.12. The van der Waals surface area contributed by atoms with Crippen molar-refractivity contribution in [3.05, 3.63) is 44.7 Å². The van der Waals surface area contributed by atoms with E-state index >= 15 is 0 Å². The fourth-order valence-corrected chi connectivity index (χ4v) is 2.27. The molecule has 1 heterocycles. The minimum Gasteiger partial charge on any atom is -0.324 e. The lowest BCUT2D eigenvalue weighted by atomic mass is 10.3. The van der Waals surface area contributed by atoms with Crippen LogP contribution in [0.15, 0.2) is 18.2 Å². The summed E-state index contributed by atoms with van der Waals surface area (Å²) in [5, 5.41) is 6.72. The third kappa shape index (κ3) is 3.69. The van der Waals surface area contributed by atoms with Crippen LogP contribution < -0.4 is 5.32 Å². The van der Waals surface area contributed by atoms with Crippen LogP contribution in [0.2, 0.25) is 15.1 Å². The molecule has 22 heavy (non-hydrogen) atoms. The first kappa shape index (κ1) is 17.0. The van der Waals surface area contributed by atoms with Crippen molar-refractivity contribution in [2.24, 2.45) is 0 Å². The molecule has 0 aliphatic heterocycles. The van der Waals surface area contributed by atoms with Gasteiger partial charge in [-0.1, -0.05) is 34.8 Å². The number of aromatic nitrogens is 2. The van der Waals surface area contributed by atoms with Crippen LogP contribution in [0.1, 0.15) is 17.8 Å².